The number of nitrogens with one attached hydrogen (secondary N) is 1. The minimum absolute atomic E-state index is 0.0716. The molecular formula is C19H20N2O5S. The van der Waals surface area contributed by atoms with Crippen molar-refractivity contribution in [3.8, 4) is 0 Å². The lowest BCUT2D eigenvalue weighted by molar-refractivity contribution is -0.385. The highest BCUT2D eigenvalue weighted by Crippen LogP contribution is 2.19. The second-order valence-corrected chi connectivity index (χ2v) is 6.87. The molecule has 0 aliphatic heterocycles. The Balaban J connectivity index is 1.67. The molecule has 2 aromatic carbocycles. The average Bonchev–Trinajstić information content (AvgIpc) is 2.66. The van der Waals surface area contributed by atoms with Crippen LogP contribution in [0.1, 0.15) is 22.3 Å². The number of carbonyl (C=O) groups is 2. The summed E-state index contributed by atoms with van der Waals surface area (Å²) in [6.07, 6.45) is 0.792. The van der Waals surface area contributed by atoms with Gasteiger partial charge in [0, 0.05) is 23.1 Å². The van der Waals surface area contributed by atoms with Gasteiger partial charge < -0.3 is 10.1 Å². The van der Waals surface area contributed by atoms with Gasteiger partial charge in [-0.2, -0.15) is 0 Å². The lowest BCUT2D eigenvalue weighted by atomic mass is 10.1. The number of esters is 1. The van der Waals surface area contributed by atoms with E-state index >= 15 is 0 Å². The number of hydrogen-bond donors (Lipinski definition) is 1. The van der Waals surface area contributed by atoms with E-state index in [-0.39, 0.29) is 23.8 Å². The van der Waals surface area contributed by atoms with Gasteiger partial charge >= 0.3 is 5.97 Å². The van der Waals surface area contributed by atoms with Crippen LogP contribution in [0, 0.1) is 17.0 Å². The fraction of sp³-hybridized carbons (Fsp3) is 0.263. The van der Waals surface area contributed by atoms with E-state index in [1.165, 1.54) is 30.0 Å². The van der Waals surface area contributed by atoms with Crippen LogP contribution in [-0.2, 0) is 9.53 Å². The Morgan fingerprint density at radius 3 is 2.59 bits per heavy atom. The molecule has 8 heteroatoms. The van der Waals surface area contributed by atoms with Gasteiger partial charge in [0.2, 0.25) is 0 Å². The van der Waals surface area contributed by atoms with Gasteiger partial charge in [-0.15, -0.1) is 11.8 Å². The molecule has 0 atom stereocenters. The van der Waals surface area contributed by atoms with Crippen LogP contribution in [0.15, 0.2) is 53.4 Å². The second kappa shape index (κ2) is 10.3. The second-order valence-electron chi connectivity index (χ2n) is 5.70. The molecule has 0 fully saturated rings. The number of carbonyl (C=O) groups excluding carboxylic acids is 2. The van der Waals surface area contributed by atoms with E-state index in [2.05, 4.69) is 5.32 Å². The highest BCUT2D eigenvalue weighted by atomic mass is 32.2. The Bertz CT molecular complexity index is 811. The number of hydrogen-bond acceptors (Lipinski definition) is 6. The number of thioether (sulfide) groups is 1. The van der Waals surface area contributed by atoms with Gasteiger partial charge in [-0.25, -0.2) is 4.79 Å². The van der Waals surface area contributed by atoms with Crippen LogP contribution in [0.3, 0.4) is 0 Å². The van der Waals surface area contributed by atoms with Gasteiger partial charge in [0.15, 0.2) is 6.61 Å². The number of nitro groups is 1. The monoisotopic (exact) mass is 388 g/mol. The Labute approximate surface area is 161 Å². The number of aryl methyl sites for hydroxylation is 1. The van der Waals surface area contributed by atoms with Crippen molar-refractivity contribution in [1.82, 2.24) is 5.32 Å². The van der Waals surface area contributed by atoms with Crippen molar-refractivity contribution >= 4 is 29.3 Å². The van der Waals surface area contributed by atoms with E-state index in [4.69, 9.17) is 4.74 Å². The summed E-state index contributed by atoms with van der Waals surface area (Å²) in [5, 5.41) is 13.5. The van der Waals surface area contributed by atoms with E-state index in [0.717, 1.165) is 12.2 Å². The van der Waals surface area contributed by atoms with Crippen LogP contribution in [0.25, 0.3) is 0 Å². The van der Waals surface area contributed by atoms with E-state index in [1.54, 1.807) is 11.8 Å². The summed E-state index contributed by atoms with van der Waals surface area (Å²) in [4.78, 5) is 35.1. The number of nitro benzene ring substituents is 1. The number of rotatable bonds is 9. The van der Waals surface area contributed by atoms with Gasteiger partial charge in [-0.05, 0) is 43.4 Å². The largest absolute Gasteiger partial charge is 0.452 e. The van der Waals surface area contributed by atoms with Crippen molar-refractivity contribution in [2.24, 2.45) is 0 Å². The molecule has 0 aliphatic carbocycles. The van der Waals surface area contributed by atoms with E-state index in [9.17, 15) is 19.7 Å². The molecule has 0 aliphatic rings. The average molecular weight is 388 g/mol. The summed E-state index contributed by atoms with van der Waals surface area (Å²) in [5.74, 6) is -0.207. The third kappa shape index (κ3) is 6.74. The molecule has 0 spiro atoms. The molecule has 0 radical (unpaired) electrons. The topological polar surface area (TPSA) is 98.5 Å². The third-order valence-corrected chi connectivity index (χ3v) is 4.72. The molecule has 1 N–H and O–H groups in total. The molecule has 27 heavy (non-hydrogen) atoms. The zero-order valence-electron chi connectivity index (χ0n) is 14.8. The molecule has 7 nitrogen and oxygen atoms in total. The van der Waals surface area contributed by atoms with Crippen LogP contribution in [0.4, 0.5) is 5.69 Å². The summed E-state index contributed by atoms with van der Waals surface area (Å²) < 4.78 is 4.95. The van der Waals surface area contributed by atoms with Crippen LogP contribution in [-0.4, -0.2) is 35.7 Å². The van der Waals surface area contributed by atoms with Gasteiger partial charge in [0.1, 0.15) is 0 Å². The lowest BCUT2D eigenvalue weighted by Gasteiger charge is -2.07. The first-order valence-electron chi connectivity index (χ1n) is 8.34. The maximum atomic E-state index is 11.9. The molecule has 0 bridgehead atoms. The van der Waals surface area contributed by atoms with Crippen molar-refractivity contribution in [3.63, 3.8) is 0 Å². The minimum atomic E-state index is -0.692. The number of amides is 1. The molecule has 2 rings (SSSR count). The highest BCUT2D eigenvalue weighted by Gasteiger charge is 2.15. The first kappa shape index (κ1) is 20.4. The standard InChI is InChI=1S/C19H20N2O5S/c1-14-12-15(8-9-17(14)21(24)25)19(23)26-13-18(22)20-10-5-11-27-16-6-3-2-4-7-16/h2-4,6-9,12H,5,10-11,13H2,1H3,(H,20,22). The summed E-state index contributed by atoms with van der Waals surface area (Å²) >= 11 is 1.71. The minimum Gasteiger partial charge on any atom is -0.452 e. The quantitative estimate of drug-likeness (QED) is 0.233. The smallest absolute Gasteiger partial charge is 0.338 e. The van der Waals surface area contributed by atoms with E-state index < -0.39 is 10.9 Å². The molecule has 1 amide bonds. The molecular weight excluding hydrogens is 368 g/mol. The fourth-order valence-electron chi connectivity index (χ4n) is 2.26. The molecule has 0 aromatic heterocycles. The van der Waals surface area contributed by atoms with Crippen LogP contribution in [0.5, 0.6) is 0 Å². The number of nitrogens with zero attached hydrogens (tertiary/aromatic N) is 1. The van der Waals surface area contributed by atoms with Gasteiger partial charge in [0.05, 0.1) is 10.5 Å². The Kier molecular flexibility index (Phi) is 7.81. The maximum Gasteiger partial charge on any atom is 0.338 e. The molecule has 0 saturated carbocycles. The Morgan fingerprint density at radius 2 is 1.93 bits per heavy atom. The maximum absolute atomic E-state index is 11.9. The van der Waals surface area contributed by atoms with Crippen LogP contribution < -0.4 is 5.32 Å². The van der Waals surface area contributed by atoms with Gasteiger partial charge in [0.25, 0.3) is 11.6 Å². The van der Waals surface area contributed by atoms with Crippen molar-refractivity contribution in [2.75, 3.05) is 18.9 Å². The SMILES string of the molecule is Cc1cc(C(=O)OCC(=O)NCCCSc2ccccc2)ccc1[N+](=O)[O-]. The molecule has 0 saturated heterocycles. The van der Waals surface area contributed by atoms with Crippen LogP contribution >= 0.6 is 11.8 Å². The first-order chi connectivity index (χ1) is 13.0. The predicted molar refractivity (Wildman–Crippen MR) is 103 cm³/mol. The van der Waals surface area contributed by atoms with Crippen molar-refractivity contribution in [3.05, 3.63) is 69.8 Å². The number of benzene rings is 2. The van der Waals surface area contributed by atoms with Crippen molar-refractivity contribution in [1.29, 1.82) is 0 Å². The fourth-order valence-corrected chi connectivity index (χ4v) is 3.13. The van der Waals surface area contributed by atoms with Crippen LogP contribution in [0.2, 0.25) is 0 Å². The third-order valence-electron chi connectivity index (χ3n) is 3.62. The molecule has 0 heterocycles. The lowest BCUT2D eigenvalue weighted by Crippen LogP contribution is -2.29. The van der Waals surface area contributed by atoms with Gasteiger partial charge in [-0.1, -0.05) is 18.2 Å². The zero-order valence-corrected chi connectivity index (χ0v) is 15.7. The molecule has 2 aromatic rings. The van der Waals surface area contributed by atoms with Crippen molar-refractivity contribution in [2.45, 2.75) is 18.2 Å². The first-order valence-corrected chi connectivity index (χ1v) is 9.32. The Morgan fingerprint density at radius 1 is 1.19 bits per heavy atom. The van der Waals surface area contributed by atoms with E-state index in [1.807, 2.05) is 30.3 Å². The normalized spacial score (nSPS) is 10.3. The summed E-state index contributed by atoms with van der Waals surface area (Å²) in [7, 11) is 0. The predicted octanol–water partition coefficient (Wildman–Crippen LogP) is 3.36. The van der Waals surface area contributed by atoms with Crippen molar-refractivity contribution < 1.29 is 19.2 Å². The molecule has 0 unspecified atom stereocenters. The Hall–Kier alpha value is -2.87. The number of ether oxygens (including phenoxy) is 1. The van der Waals surface area contributed by atoms with Gasteiger partial charge in [-0.3, -0.25) is 14.9 Å². The summed E-state index contributed by atoms with van der Waals surface area (Å²) in [5.41, 5.74) is 0.456. The summed E-state index contributed by atoms with van der Waals surface area (Å²) in [6.45, 7) is 1.64. The summed E-state index contributed by atoms with van der Waals surface area (Å²) in [6, 6.07) is 13.9. The van der Waals surface area contributed by atoms with E-state index in [0.29, 0.717) is 12.1 Å². The highest BCUT2D eigenvalue weighted by molar-refractivity contribution is 7.99. The molecule has 142 valence electrons. The zero-order chi connectivity index (χ0) is 19.6.